The van der Waals surface area contributed by atoms with Crippen molar-refractivity contribution in [1.82, 2.24) is 19.6 Å². The van der Waals surface area contributed by atoms with Gasteiger partial charge in [-0.3, -0.25) is 5.10 Å². The highest BCUT2D eigenvalue weighted by molar-refractivity contribution is 5.93. The van der Waals surface area contributed by atoms with Crippen LogP contribution in [0.25, 0.3) is 27.8 Å². The molecule has 0 aliphatic heterocycles. The fraction of sp³-hybridized carbons (Fsp3) is 0. The van der Waals surface area contributed by atoms with Crippen molar-refractivity contribution < 1.29 is 0 Å². The Kier molecular flexibility index (Phi) is 1.80. The lowest BCUT2D eigenvalue weighted by atomic mass is 10.1. The van der Waals surface area contributed by atoms with Crippen LogP contribution in [-0.4, -0.2) is 19.6 Å². The van der Waals surface area contributed by atoms with Gasteiger partial charge >= 0.3 is 0 Å². The highest BCUT2D eigenvalue weighted by atomic mass is 15.1. The molecule has 0 bridgehead atoms. The number of H-pyrrole nitrogens is 1. The lowest BCUT2D eigenvalue weighted by Crippen LogP contribution is -1.85. The van der Waals surface area contributed by atoms with Gasteiger partial charge in [0.05, 0.1) is 5.52 Å². The summed E-state index contributed by atoms with van der Waals surface area (Å²) in [6.45, 7) is 0. The van der Waals surface area contributed by atoms with Gasteiger partial charge in [-0.15, -0.1) is 0 Å². The number of hydrogen-bond acceptors (Lipinski definition) is 2. The largest absolute Gasteiger partial charge is 0.307 e. The normalized spacial score (nSPS) is 11.3. The topological polar surface area (TPSA) is 46.0 Å². The van der Waals surface area contributed by atoms with Crippen molar-refractivity contribution >= 4 is 16.6 Å². The average molecular weight is 234 g/mol. The zero-order chi connectivity index (χ0) is 11.9. The SMILES string of the molecule is c1ccc2c(-c3ccn4ccnc4c3)n[nH]c2c1. The minimum absolute atomic E-state index is 0.930. The van der Waals surface area contributed by atoms with E-state index in [2.05, 4.69) is 27.3 Å². The van der Waals surface area contributed by atoms with Gasteiger partial charge in [0.25, 0.3) is 0 Å². The Balaban J connectivity index is 2.00. The van der Waals surface area contributed by atoms with Crippen LogP contribution in [-0.2, 0) is 0 Å². The van der Waals surface area contributed by atoms with E-state index in [4.69, 9.17) is 0 Å². The van der Waals surface area contributed by atoms with E-state index in [0.29, 0.717) is 0 Å². The first-order chi connectivity index (χ1) is 8.92. The lowest BCUT2D eigenvalue weighted by Gasteiger charge is -1.99. The van der Waals surface area contributed by atoms with E-state index in [1.54, 1.807) is 6.20 Å². The quantitative estimate of drug-likeness (QED) is 0.550. The lowest BCUT2D eigenvalue weighted by molar-refractivity contribution is 1.12. The summed E-state index contributed by atoms with van der Waals surface area (Å²) in [5.41, 5.74) is 4.03. The van der Waals surface area contributed by atoms with Gasteiger partial charge in [-0.2, -0.15) is 5.10 Å². The Labute approximate surface area is 103 Å². The van der Waals surface area contributed by atoms with Gasteiger partial charge < -0.3 is 4.40 Å². The van der Waals surface area contributed by atoms with Crippen LogP contribution in [0, 0.1) is 0 Å². The van der Waals surface area contributed by atoms with Crippen LogP contribution in [0.5, 0.6) is 0 Å². The second kappa shape index (κ2) is 3.43. The van der Waals surface area contributed by atoms with Crippen molar-refractivity contribution in [2.45, 2.75) is 0 Å². The summed E-state index contributed by atoms with van der Waals surface area (Å²) in [5.74, 6) is 0. The molecular formula is C14H10N4. The number of benzene rings is 1. The molecule has 4 nitrogen and oxygen atoms in total. The molecule has 0 saturated heterocycles. The second-order valence-corrected chi connectivity index (χ2v) is 4.23. The average Bonchev–Trinajstić information content (AvgIpc) is 3.04. The number of hydrogen-bond donors (Lipinski definition) is 1. The summed E-state index contributed by atoms with van der Waals surface area (Å²) >= 11 is 0. The molecule has 0 unspecified atom stereocenters. The summed E-state index contributed by atoms with van der Waals surface area (Å²) in [4.78, 5) is 4.29. The van der Waals surface area contributed by atoms with E-state index in [1.165, 1.54) is 0 Å². The van der Waals surface area contributed by atoms with Crippen molar-refractivity contribution in [3.05, 3.63) is 55.0 Å². The van der Waals surface area contributed by atoms with Crippen molar-refractivity contribution in [3.63, 3.8) is 0 Å². The second-order valence-electron chi connectivity index (χ2n) is 4.23. The maximum absolute atomic E-state index is 4.39. The molecule has 3 heterocycles. The van der Waals surface area contributed by atoms with Crippen LogP contribution in [0.2, 0.25) is 0 Å². The number of fused-ring (bicyclic) bond motifs is 2. The Morgan fingerprint density at radius 1 is 1.06 bits per heavy atom. The molecule has 86 valence electrons. The van der Waals surface area contributed by atoms with Crippen molar-refractivity contribution in [3.8, 4) is 11.3 Å². The highest BCUT2D eigenvalue weighted by Gasteiger charge is 2.08. The van der Waals surface area contributed by atoms with E-state index < -0.39 is 0 Å². The first kappa shape index (κ1) is 9.41. The van der Waals surface area contributed by atoms with E-state index in [9.17, 15) is 0 Å². The molecule has 18 heavy (non-hydrogen) atoms. The number of imidazole rings is 1. The molecule has 1 N–H and O–H groups in total. The van der Waals surface area contributed by atoms with Gasteiger partial charge in [0, 0.05) is 29.5 Å². The molecule has 0 radical (unpaired) electrons. The fourth-order valence-corrected chi connectivity index (χ4v) is 2.24. The third-order valence-electron chi connectivity index (χ3n) is 3.14. The summed E-state index contributed by atoms with van der Waals surface area (Å²) < 4.78 is 1.98. The predicted octanol–water partition coefficient (Wildman–Crippen LogP) is 2.88. The number of aromatic amines is 1. The molecule has 1 aromatic carbocycles. The zero-order valence-electron chi connectivity index (χ0n) is 9.54. The third-order valence-corrected chi connectivity index (χ3v) is 3.14. The molecule has 0 spiro atoms. The number of para-hydroxylation sites is 1. The van der Waals surface area contributed by atoms with Gasteiger partial charge in [0.1, 0.15) is 11.3 Å². The predicted molar refractivity (Wildman–Crippen MR) is 70.3 cm³/mol. The molecule has 0 saturated carbocycles. The summed E-state index contributed by atoms with van der Waals surface area (Å²) in [5, 5.41) is 8.58. The van der Waals surface area contributed by atoms with Gasteiger partial charge in [-0.25, -0.2) is 4.98 Å². The van der Waals surface area contributed by atoms with E-state index in [-0.39, 0.29) is 0 Å². The van der Waals surface area contributed by atoms with Gasteiger partial charge in [0.2, 0.25) is 0 Å². The molecule has 3 aromatic heterocycles. The molecule has 0 amide bonds. The Morgan fingerprint density at radius 2 is 2.00 bits per heavy atom. The summed E-state index contributed by atoms with van der Waals surface area (Å²) in [7, 11) is 0. The summed E-state index contributed by atoms with van der Waals surface area (Å²) in [6, 6.07) is 12.2. The minimum Gasteiger partial charge on any atom is -0.307 e. The first-order valence-corrected chi connectivity index (χ1v) is 5.78. The van der Waals surface area contributed by atoms with Crippen molar-refractivity contribution in [1.29, 1.82) is 0 Å². The fourth-order valence-electron chi connectivity index (χ4n) is 2.24. The number of nitrogens with one attached hydrogen (secondary N) is 1. The Bertz CT molecular complexity index is 841. The number of nitrogens with zero attached hydrogens (tertiary/aromatic N) is 3. The van der Waals surface area contributed by atoms with Gasteiger partial charge in [-0.05, 0) is 18.2 Å². The van der Waals surface area contributed by atoms with Crippen LogP contribution in [0.15, 0.2) is 55.0 Å². The summed E-state index contributed by atoms with van der Waals surface area (Å²) in [6.07, 6.45) is 5.73. The smallest absolute Gasteiger partial charge is 0.137 e. The first-order valence-electron chi connectivity index (χ1n) is 5.78. The maximum Gasteiger partial charge on any atom is 0.137 e. The van der Waals surface area contributed by atoms with E-state index in [1.807, 2.05) is 41.1 Å². The highest BCUT2D eigenvalue weighted by Crippen LogP contribution is 2.26. The van der Waals surface area contributed by atoms with Crippen LogP contribution >= 0.6 is 0 Å². The molecule has 4 aromatic rings. The van der Waals surface area contributed by atoms with Crippen molar-refractivity contribution in [2.75, 3.05) is 0 Å². The van der Waals surface area contributed by atoms with Crippen molar-refractivity contribution in [2.24, 2.45) is 0 Å². The number of pyridine rings is 1. The monoisotopic (exact) mass is 234 g/mol. The van der Waals surface area contributed by atoms with Crippen LogP contribution in [0.3, 0.4) is 0 Å². The molecule has 0 fully saturated rings. The van der Waals surface area contributed by atoms with Gasteiger partial charge in [0.15, 0.2) is 0 Å². The Morgan fingerprint density at radius 3 is 3.00 bits per heavy atom. The maximum atomic E-state index is 4.39. The number of aromatic nitrogens is 4. The number of rotatable bonds is 1. The Hall–Kier alpha value is -2.62. The van der Waals surface area contributed by atoms with E-state index >= 15 is 0 Å². The standard InChI is InChI=1S/C14H10N4/c1-2-4-12-11(3-1)14(17-16-12)10-5-7-18-8-6-15-13(18)9-10/h1-9H,(H,16,17). The molecule has 4 rings (SSSR count). The molecular weight excluding hydrogens is 224 g/mol. The zero-order valence-corrected chi connectivity index (χ0v) is 9.54. The van der Waals surface area contributed by atoms with Gasteiger partial charge in [-0.1, -0.05) is 18.2 Å². The third kappa shape index (κ3) is 1.26. The van der Waals surface area contributed by atoms with E-state index in [0.717, 1.165) is 27.8 Å². The van der Waals surface area contributed by atoms with Crippen LogP contribution in [0.1, 0.15) is 0 Å². The molecule has 0 aliphatic rings. The molecule has 0 aliphatic carbocycles. The molecule has 4 heteroatoms. The minimum atomic E-state index is 0.930. The molecule has 0 atom stereocenters. The van der Waals surface area contributed by atoms with Crippen LogP contribution < -0.4 is 0 Å². The van der Waals surface area contributed by atoms with Crippen LogP contribution in [0.4, 0.5) is 0 Å².